The Morgan fingerprint density at radius 2 is 2.07 bits per heavy atom. The molecule has 30 heavy (non-hydrogen) atoms. The highest BCUT2D eigenvalue weighted by atomic mass is 32.2. The average Bonchev–Trinajstić information content (AvgIpc) is 3.51. The van der Waals surface area contributed by atoms with Gasteiger partial charge in [0.25, 0.3) is 5.78 Å². The number of nitrogens with zero attached hydrogens (tertiary/aromatic N) is 7. The van der Waals surface area contributed by atoms with E-state index in [1.54, 1.807) is 10.6 Å². The van der Waals surface area contributed by atoms with Crippen molar-refractivity contribution in [3.05, 3.63) is 30.1 Å². The number of nitrogens with one attached hydrogen (secondary N) is 2. The molecule has 0 bridgehead atoms. The minimum atomic E-state index is 0.0818. The maximum absolute atomic E-state index is 13.0. The smallest absolute Gasteiger partial charge is 0.261 e. The lowest BCUT2D eigenvalue weighted by Crippen LogP contribution is -2.34. The lowest BCUT2D eigenvalue weighted by atomic mass is 10.2. The normalized spacial score (nSPS) is 13.4. The Morgan fingerprint density at radius 1 is 1.23 bits per heavy atom. The molecule has 0 radical (unpaired) electrons. The van der Waals surface area contributed by atoms with Crippen LogP contribution in [0.4, 0.5) is 11.9 Å². The van der Waals surface area contributed by atoms with Gasteiger partial charge in [0, 0.05) is 38.1 Å². The van der Waals surface area contributed by atoms with Crippen LogP contribution in [0.25, 0.3) is 5.78 Å². The van der Waals surface area contributed by atoms with Gasteiger partial charge in [0.1, 0.15) is 0 Å². The Morgan fingerprint density at radius 3 is 2.77 bits per heavy atom. The van der Waals surface area contributed by atoms with Crippen molar-refractivity contribution < 1.29 is 4.79 Å². The van der Waals surface area contributed by atoms with E-state index in [1.165, 1.54) is 11.8 Å². The maximum atomic E-state index is 13.0. The number of aromatic nitrogens is 6. The number of thioether (sulfide) groups is 1. The van der Waals surface area contributed by atoms with Gasteiger partial charge in [-0.15, -0.1) is 10.2 Å². The largest absolute Gasteiger partial charge is 0.355 e. The molecular weight excluding hydrogens is 402 g/mol. The van der Waals surface area contributed by atoms with Gasteiger partial charge in [0.05, 0.1) is 5.75 Å². The van der Waals surface area contributed by atoms with Gasteiger partial charge in [0.15, 0.2) is 5.16 Å². The van der Waals surface area contributed by atoms with E-state index >= 15 is 0 Å². The molecule has 10 nitrogen and oxygen atoms in total. The summed E-state index contributed by atoms with van der Waals surface area (Å²) in [7, 11) is 0. The van der Waals surface area contributed by atoms with Crippen molar-refractivity contribution in [2.45, 2.75) is 44.4 Å². The standard InChI is InChI=1S/C19H25N9OS/c1-3-21-16-23-17(22-4-2)28-18(24-16)25-26-19(28)30-12-15(29)27(14-7-8-14)11-13-6-5-9-20-10-13/h5-6,9-10,14H,3-4,7-8,11-12H2,1-2H3,(H2,21,22,23,24,25). The number of anilines is 2. The lowest BCUT2D eigenvalue weighted by molar-refractivity contribution is -0.129. The lowest BCUT2D eigenvalue weighted by Gasteiger charge is -2.22. The second-order valence-electron chi connectivity index (χ2n) is 6.95. The molecule has 1 aliphatic rings. The molecule has 0 spiro atoms. The summed E-state index contributed by atoms with van der Waals surface area (Å²) in [5.41, 5.74) is 1.04. The van der Waals surface area contributed by atoms with Gasteiger partial charge >= 0.3 is 0 Å². The van der Waals surface area contributed by atoms with Crippen molar-refractivity contribution in [1.29, 1.82) is 0 Å². The molecule has 0 saturated heterocycles. The number of pyridine rings is 1. The molecule has 158 valence electrons. The highest BCUT2D eigenvalue weighted by Crippen LogP contribution is 2.30. The van der Waals surface area contributed by atoms with Crippen molar-refractivity contribution in [3.63, 3.8) is 0 Å². The van der Waals surface area contributed by atoms with E-state index in [1.807, 2.05) is 37.1 Å². The second kappa shape index (κ2) is 9.24. The molecule has 1 fully saturated rings. The molecule has 0 aromatic carbocycles. The van der Waals surface area contributed by atoms with E-state index < -0.39 is 0 Å². The average molecular weight is 428 g/mol. The summed E-state index contributed by atoms with van der Waals surface area (Å²) in [6.07, 6.45) is 5.65. The fourth-order valence-corrected chi connectivity index (χ4v) is 3.92. The van der Waals surface area contributed by atoms with Crippen LogP contribution in [0.3, 0.4) is 0 Å². The number of carbonyl (C=O) groups is 1. The van der Waals surface area contributed by atoms with Crippen LogP contribution in [0.15, 0.2) is 29.7 Å². The summed E-state index contributed by atoms with van der Waals surface area (Å²) >= 11 is 1.35. The minimum absolute atomic E-state index is 0.0818. The van der Waals surface area contributed by atoms with Crippen molar-refractivity contribution in [1.82, 2.24) is 34.4 Å². The Labute approximate surface area is 178 Å². The fourth-order valence-electron chi connectivity index (χ4n) is 3.10. The third-order valence-corrected chi connectivity index (χ3v) is 5.54. The van der Waals surface area contributed by atoms with E-state index in [2.05, 4.69) is 35.8 Å². The van der Waals surface area contributed by atoms with E-state index in [-0.39, 0.29) is 11.7 Å². The highest BCUT2D eigenvalue weighted by molar-refractivity contribution is 7.99. The van der Waals surface area contributed by atoms with Crippen molar-refractivity contribution >= 4 is 35.3 Å². The van der Waals surface area contributed by atoms with Crippen LogP contribution < -0.4 is 10.6 Å². The zero-order valence-corrected chi connectivity index (χ0v) is 17.9. The van der Waals surface area contributed by atoms with Gasteiger partial charge in [-0.3, -0.25) is 9.78 Å². The Hall–Kier alpha value is -2.95. The monoisotopic (exact) mass is 427 g/mol. The Kier molecular flexibility index (Phi) is 6.26. The first-order valence-corrected chi connectivity index (χ1v) is 11.1. The second-order valence-corrected chi connectivity index (χ2v) is 7.89. The van der Waals surface area contributed by atoms with Gasteiger partial charge in [0.2, 0.25) is 17.8 Å². The van der Waals surface area contributed by atoms with E-state index in [4.69, 9.17) is 0 Å². The molecule has 3 heterocycles. The van der Waals surface area contributed by atoms with Crippen molar-refractivity contribution in [2.24, 2.45) is 0 Å². The number of hydrogen-bond acceptors (Lipinski definition) is 9. The quantitative estimate of drug-likeness (QED) is 0.469. The van der Waals surface area contributed by atoms with Crippen LogP contribution in [0.1, 0.15) is 32.3 Å². The van der Waals surface area contributed by atoms with Crippen LogP contribution >= 0.6 is 11.8 Å². The van der Waals surface area contributed by atoms with Crippen LogP contribution in [0, 0.1) is 0 Å². The van der Waals surface area contributed by atoms with Gasteiger partial charge in [-0.25, -0.2) is 4.40 Å². The van der Waals surface area contributed by atoms with E-state index in [0.29, 0.717) is 48.5 Å². The molecule has 0 atom stereocenters. The molecule has 0 unspecified atom stereocenters. The van der Waals surface area contributed by atoms with Crippen molar-refractivity contribution in [2.75, 3.05) is 29.5 Å². The predicted molar refractivity (Wildman–Crippen MR) is 115 cm³/mol. The topological polar surface area (TPSA) is 113 Å². The number of hydrogen-bond donors (Lipinski definition) is 2. The molecule has 3 aromatic rings. The zero-order chi connectivity index (χ0) is 20.9. The van der Waals surface area contributed by atoms with Crippen LogP contribution in [0.2, 0.25) is 0 Å². The highest BCUT2D eigenvalue weighted by Gasteiger charge is 2.32. The molecule has 4 rings (SSSR count). The van der Waals surface area contributed by atoms with Gasteiger partial charge in [-0.2, -0.15) is 9.97 Å². The first-order valence-electron chi connectivity index (χ1n) is 10.1. The summed E-state index contributed by atoms with van der Waals surface area (Å²) in [4.78, 5) is 28.0. The molecule has 0 aliphatic heterocycles. The number of amides is 1. The number of carbonyl (C=O) groups excluding carboxylic acids is 1. The van der Waals surface area contributed by atoms with Crippen LogP contribution in [-0.2, 0) is 11.3 Å². The summed E-state index contributed by atoms with van der Waals surface area (Å²) in [6.45, 7) is 5.96. The van der Waals surface area contributed by atoms with Crippen LogP contribution in [-0.4, -0.2) is 65.2 Å². The molecule has 11 heteroatoms. The molecule has 1 amide bonds. The summed E-state index contributed by atoms with van der Waals surface area (Å²) in [5.74, 6) is 1.91. The molecular formula is C19H25N9OS. The Balaban J connectivity index is 1.50. The molecule has 1 aliphatic carbocycles. The molecule has 2 N–H and O–H groups in total. The first-order chi connectivity index (χ1) is 14.7. The van der Waals surface area contributed by atoms with Gasteiger partial charge in [-0.05, 0) is 38.3 Å². The van der Waals surface area contributed by atoms with Crippen LogP contribution in [0.5, 0.6) is 0 Å². The SMILES string of the molecule is CCNc1nc(NCC)n2c(SCC(=O)N(Cc3cccnc3)C3CC3)nnc2n1. The predicted octanol–water partition coefficient (Wildman–Crippen LogP) is 2.06. The number of fused-ring (bicyclic) bond motifs is 1. The fraction of sp³-hybridized carbons (Fsp3) is 0.474. The zero-order valence-electron chi connectivity index (χ0n) is 17.1. The molecule has 3 aromatic heterocycles. The van der Waals surface area contributed by atoms with Gasteiger partial charge < -0.3 is 15.5 Å². The summed E-state index contributed by atoms with van der Waals surface area (Å²) in [6, 6.07) is 4.21. The first kappa shape index (κ1) is 20.3. The maximum Gasteiger partial charge on any atom is 0.261 e. The third-order valence-electron chi connectivity index (χ3n) is 4.62. The van der Waals surface area contributed by atoms with E-state index in [9.17, 15) is 4.79 Å². The van der Waals surface area contributed by atoms with Gasteiger partial charge in [-0.1, -0.05) is 17.8 Å². The van der Waals surface area contributed by atoms with Crippen molar-refractivity contribution in [3.8, 4) is 0 Å². The number of rotatable bonds is 10. The van der Waals surface area contributed by atoms with E-state index in [0.717, 1.165) is 18.4 Å². The third kappa shape index (κ3) is 4.61. The summed E-state index contributed by atoms with van der Waals surface area (Å²) < 4.78 is 1.75. The summed E-state index contributed by atoms with van der Waals surface area (Å²) in [5, 5.41) is 15.3. The molecule has 1 saturated carbocycles. The Bertz CT molecular complexity index is 1010. The minimum Gasteiger partial charge on any atom is -0.355 e.